The molecule has 2 nitrogen and oxygen atoms in total. The molecule has 1 fully saturated rings. The summed E-state index contributed by atoms with van der Waals surface area (Å²) < 4.78 is 0. The van der Waals surface area contributed by atoms with Crippen LogP contribution in [0.15, 0.2) is 0 Å². The second kappa shape index (κ2) is 6.91. The second-order valence-electron chi connectivity index (χ2n) is 6.98. The molecule has 0 aromatic carbocycles. The summed E-state index contributed by atoms with van der Waals surface area (Å²) in [7, 11) is 0. The van der Waals surface area contributed by atoms with E-state index in [9.17, 15) is 0 Å². The molecule has 0 aliphatic carbocycles. The summed E-state index contributed by atoms with van der Waals surface area (Å²) in [4.78, 5) is 2.76. The topological polar surface area (TPSA) is 15.3 Å². The van der Waals surface area contributed by atoms with Crippen molar-refractivity contribution in [2.75, 3.05) is 19.6 Å². The third-order valence-electron chi connectivity index (χ3n) is 4.43. The zero-order valence-electron chi connectivity index (χ0n) is 13.4. The van der Waals surface area contributed by atoms with Crippen LogP contribution in [0.5, 0.6) is 0 Å². The summed E-state index contributed by atoms with van der Waals surface area (Å²) in [5.74, 6) is 1.56. The minimum absolute atomic E-state index is 0.363. The van der Waals surface area contributed by atoms with E-state index in [1.54, 1.807) is 0 Å². The van der Waals surface area contributed by atoms with Gasteiger partial charge in [-0.1, -0.05) is 41.5 Å². The van der Waals surface area contributed by atoms with Crippen LogP contribution in [-0.4, -0.2) is 36.1 Å². The standard InChI is InChI=1S/C16H34N2/c1-7-16(8-2)12-18(11-14(5)6)15(10-17-16)9-13(3)4/h13-15,17H,7-12H2,1-6H3. The van der Waals surface area contributed by atoms with Crippen molar-refractivity contribution in [1.82, 2.24) is 10.2 Å². The van der Waals surface area contributed by atoms with Gasteiger partial charge in [0.25, 0.3) is 0 Å². The first-order chi connectivity index (χ1) is 8.42. The maximum absolute atomic E-state index is 3.85. The van der Waals surface area contributed by atoms with E-state index in [-0.39, 0.29) is 0 Å². The molecule has 1 rings (SSSR count). The fourth-order valence-corrected chi connectivity index (χ4v) is 3.22. The van der Waals surface area contributed by atoms with E-state index in [4.69, 9.17) is 0 Å². The van der Waals surface area contributed by atoms with Crippen LogP contribution in [0.4, 0.5) is 0 Å². The lowest BCUT2D eigenvalue weighted by atomic mass is 9.86. The van der Waals surface area contributed by atoms with Gasteiger partial charge in [-0.25, -0.2) is 0 Å². The third kappa shape index (κ3) is 4.24. The van der Waals surface area contributed by atoms with Crippen LogP contribution in [-0.2, 0) is 0 Å². The molecule has 108 valence electrons. The van der Waals surface area contributed by atoms with Crippen molar-refractivity contribution in [2.24, 2.45) is 11.8 Å². The summed E-state index contributed by atoms with van der Waals surface area (Å²) in [6.45, 7) is 17.7. The molecule has 0 aromatic heterocycles. The van der Waals surface area contributed by atoms with Gasteiger partial charge in [0.2, 0.25) is 0 Å². The van der Waals surface area contributed by atoms with Gasteiger partial charge in [0.05, 0.1) is 0 Å². The minimum atomic E-state index is 0.363. The Hall–Kier alpha value is -0.0800. The molecule has 0 bridgehead atoms. The Morgan fingerprint density at radius 1 is 1.11 bits per heavy atom. The molecule has 18 heavy (non-hydrogen) atoms. The Balaban J connectivity index is 2.71. The maximum Gasteiger partial charge on any atom is 0.0304 e. The number of nitrogens with zero attached hydrogens (tertiary/aromatic N) is 1. The maximum atomic E-state index is 3.85. The normalized spacial score (nSPS) is 25.0. The number of nitrogens with one attached hydrogen (secondary N) is 1. The van der Waals surface area contributed by atoms with Gasteiger partial charge in [-0.05, 0) is 31.1 Å². The summed E-state index contributed by atoms with van der Waals surface area (Å²) in [6, 6.07) is 0.735. The molecule has 2 heteroatoms. The Kier molecular flexibility index (Phi) is 6.13. The van der Waals surface area contributed by atoms with E-state index in [0.717, 1.165) is 17.9 Å². The molecule has 1 aliphatic heterocycles. The van der Waals surface area contributed by atoms with Crippen LogP contribution in [0.2, 0.25) is 0 Å². The Morgan fingerprint density at radius 3 is 2.17 bits per heavy atom. The van der Waals surface area contributed by atoms with Crippen molar-refractivity contribution in [3.63, 3.8) is 0 Å². The summed E-state index contributed by atoms with van der Waals surface area (Å²) in [5.41, 5.74) is 0.363. The van der Waals surface area contributed by atoms with Gasteiger partial charge >= 0.3 is 0 Å². The molecule has 0 radical (unpaired) electrons. The first-order valence-electron chi connectivity index (χ1n) is 7.91. The lowest BCUT2D eigenvalue weighted by Crippen LogP contribution is -2.64. The molecule has 0 aromatic rings. The first kappa shape index (κ1) is 16.0. The first-order valence-corrected chi connectivity index (χ1v) is 7.91. The fourth-order valence-electron chi connectivity index (χ4n) is 3.22. The van der Waals surface area contributed by atoms with Gasteiger partial charge in [0.15, 0.2) is 0 Å². The Bertz CT molecular complexity index is 231. The van der Waals surface area contributed by atoms with Crippen LogP contribution >= 0.6 is 0 Å². The average molecular weight is 254 g/mol. The van der Waals surface area contributed by atoms with Gasteiger partial charge in [-0.15, -0.1) is 0 Å². The fraction of sp³-hybridized carbons (Fsp3) is 1.00. The molecular weight excluding hydrogens is 220 g/mol. The van der Waals surface area contributed by atoms with E-state index in [1.807, 2.05) is 0 Å². The highest BCUT2D eigenvalue weighted by Gasteiger charge is 2.36. The molecule has 1 atom stereocenters. The van der Waals surface area contributed by atoms with Crippen molar-refractivity contribution >= 4 is 0 Å². The molecule has 1 unspecified atom stereocenters. The quantitative estimate of drug-likeness (QED) is 0.780. The molecule has 1 heterocycles. The van der Waals surface area contributed by atoms with Crippen LogP contribution < -0.4 is 5.32 Å². The predicted molar refractivity (Wildman–Crippen MR) is 81.0 cm³/mol. The molecule has 0 amide bonds. The third-order valence-corrected chi connectivity index (χ3v) is 4.43. The highest BCUT2D eigenvalue weighted by atomic mass is 15.3. The molecular formula is C16H34N2. The molecule has 0 saturated carbocycles. The lowest BCUT2D eigenvalue weighted by molar-refractivity contribution is 0.0533. The van der Waals surface area contributed by atoms with E-state index in [1.165, 1.54) is 38.9 Å². The van der Waals surface area contributed by atoms with Gasteiger partial charge in [-0.2, -0.15) is 0 Å². The van der Waals surface area contributed by atoms with Crippen LogP contribution in [0.3, 0.4) is 0 Å². The van der Waals surface area contributed by atoms with E-state index < -0.39 is 0 Å². The SMILES string of the molecule is CCC1(CC)CN(CC(C)C)C(CC(C)C)CN1. The second-order valence-corrected chi connectivity index (χ2v) is 6.98. The Morgan fingerprint density at radius 2 is 1.72 bits per heavy atom. The van der Waals surface area contributed by atoms with Crippen molar-refractivity contribution in [1.29, 1.82) is 0 Å². The van der Waals surface area contributed by atoms with Crippen molar-refractivity contribution in [2.45, 2.75) is 72.4 Å². The Labute approximate surface area is 115 Å². The highest BCUT2D eigenvalue weighted by molar-refractivity contribution is 4.97. The average Bonchev–Trinajstić information content (AvgIpc) is 2.30. The summed E-state index contributed by atoms with van der Waals surface area (Å²) in [5, 5.41) is 3.85. The lowest BCUT2D eigenvalue weighted by Gasteiger charge is -2.48. The van der Waals surface area contributed by atoms with Crippen LogP contribution in [0.25, 0.3) is 0 Å². The summed E-state index contributed by atoms with van der Waals surface area (Å²) >= 11 is 0. The minimum Gasteiger partial charge on any atom is -0.308 e. The van der Waals surface area contributed by atoms with E-state index in [0.29, 0.717) is 5.54 Å². The number of hydrogen-bond donors (Lipinski definition) is 1. The van der Waals surface area contributed by atoms with Gasteiger partial charge in [0, 0.05) is 31.2 Å². The molecule has 1 N–H and O–H groups in total. The zero-order valence-corrected chi connectivity index (χ0v) is 13.4. The zero-order chi connectivity index (χ0) is 13.8. The predicted octanol–water partition coefficient (Wildman–Crippen LogP) is 3.52. The monoisotopic (exact) mass is 254 g/mol. The van der Waals surface area contributed by atoms with Gasteiger partial charge < -0.3 is 5.32 Å². The smallest absolute Gasteiger partial charge is 0.0304 e. The number of rotatable bonds is 6. The number of piperazine rings is 1. The van der Waals surface area contributed by atoms with Crippen molar-refractivity contribution < 1.29 is 0 Å². The van der Waals surface area contributed by atoms with Gasteiger partial charge in [0.1, 0.15) is 0 Å². The largest absolute Gasteiger partial charge is 0.308 e. The van der Waals surface area contributed by atoms with E-state index in [2.05, 4.69) is 51.8 Å². The molecule has 1 saturated heterocycles. The van der Waals surface area contributed by atoms with Crippen molar-refractivity contribution in [3.05, 3.63) is 0 Å². The van der Waals surface area contributed by atoms with Crippen LogP contribution in [0.1, 0.15) is 60.8 Å². The van der Waals surface area contributed by atoms with Crippen LogP contribution in [0, 0.1) is 11.8 Å². The highest BCUT2D eigenvalue weighted by Crippen LogP contribution is 2.26. The summed E-state index contributed by atoms with van der Waals surface area (Å²) in [6.07, 6.45) is 3.81. The van der Waals surface area contributed by atoms with Gasteiger partial charge in [-0.3, -0.25) is 4.90 Å². The van der Waals surface area contributed by atoms with Crippen molar-refractivity contribution in [3.8, 4) is 0 Å². The number of hydrogen-bond acceptors (Lipinski definition) is 2. The molecule has 0 spiro atoms. The molecule has 1 aliphatic rings. The van der Waals surface area contributed by atoms with E-state index >= 15 is 0 Å².